The van der Waals surface area contributed by atoms with Crippen molar-refractivity contribution in [3.05, 3.63) is 93.6 Å². The molecule has 0 amide bonds. The number of phenols is 2. The van der Waals surface area contributed by atoms with E-state index < -0.39 is 55.3 Å². The number of hydrogen-bond acceptors (Lipinski definition) is 14. The topological polar surface area (TPSA) is 215 Å². The molecule has 14 nitrogen and oxygen atoms in total. The van der Waals surface area contributed by atoms with Gasteiger partial charge in [0.25, 0.3) is 0 Å². The summed E-state index contributed by atoms with van der Waals surface area (Å²) in [6.45, 7) is 4.06. The molecule has 4 heterocycles. The molecule has 52 heavy (non-hydrogen) atoms. The SMILES string of the molecule is Cc1cc(=O)c2cc3c(c(N4C=C5C=CN=C5C4)c2o1)OC(C)(C)C(OOCC(O)(Cc1ccc(O)c2ccc(O)cc12)C(O)C(O)C(O)CO)C3. The predicted octanol–water partition coefficient (Wildman–Crippen LogP) is 2.42. The van der Waals surface area contributed by atoms with Gasteiger partial charge in [0.15, 0.2) is 16.8 Å². The van der Waals surface area contributed by atoms with Gasteiger partial charge < -0.3 is 49.8 Å². The molecule has 7 N–H and O–H groups in total. The molecular formula is C38H40N2O12. The minimum absolute atomic E-state index is 0.0864. The molecule has 14 heteroatoms. The van der Waals surface area contributed by atoms with Crippen LogP contribution in [-0.2, 0) is 22.6 Å². The third kappa shape index (κ3) is 6.32. The Hall–Kier alpha value is -4.80. The van der Waals surface area contributed by atoms with Gasteiger partial charge in [-0.05, 0) is 68.1 Å². The minimum atomic E-state index is -2.35. The van der Waals surface area contributed by atoms with E-state index in [-0.39, 0.29) is 23.3 Å². The van der Waals surface area contributed by atoms with Gasteiger partial charge >= 0.3 is 0 Å². The summed E-state index contributed by atoms with van der Waals surface area (Å²) in [6, 6.07) is 10.2. The number of aliphatic hydroxyl groups is 5. The standard InChI is InChI=1S/C38H40N2O12/c1-19-10-29(44)26-11-22-12-31(37(2,3)51-34(22)32(35(26)50-19)40-15-21-8-9-39-27(21)16-40)52-49-18-38(48,36(47)33(46)30(45)17-41)14-20-4-7-28(43)24-6-5-23(42)13-25(20)24/h4-11,13,15,30-31,33,36,41-43,45-48H,12,14,16-18H2,1-3H3. The zero-order valence-electron chi connectivity index (χ0n) is 28.7. The molecule has 4 aromatic rings. The Labute approximate surface area is 297 Å². The van der Waals surface area contributed by atoms with Crippen LogP contribution in [0, 0.1) is 6.92 Å². The fourth-order valence-corrected chi connectivity index (χ4v) is 6.98. The van der Waals surface area contributed by atoms with Crippen molar-refractivity contribution < 1.29 is 54.7 Å². The van der Waals surface area contributed by atoms with Crippen LogP contribution >= 0.6 is 0 Å². The Balaban J connectivity index is 1.19. The van der Waals surface area contributed by atoms with Gasteiger partial charge in [0.2, 0.25) is 0 Å². The first-order valence-electron chi connectivity index (χ1n) is 16.8. The van der Waals surface area contributed by atoms with E-state index in [0.717, 1.165) is 11.3 Å². The van der Waals surface area contributed by atoms with E-state index in [9.17, 15) is 40.5 Å². The van der Waals surface area contributed by atoms with Gasteiger partial charge in [-0.1, -0.05) is 6.07 Å². The van der Waals surface area contributed by atoms with Crippen LogP contribution in [0.1, 0.15) is 30.7 Å². The third-order valence-corrected chi connectivity index (χ3v) is 9.93. The highest BCUT2D eigenvalue weighted by atomic mass is 17.2. The van der Waals surface area contributed by atoms with Gasteiger partial charge in [0.05, 0.1) is 24.2 Å². The summed E-state index contributed by atoms with van der Waals surface area (Å²) in [5.74, 6) is 0.730. The fourth-order valence-electron chi connectivity index (χ4n) is 6.98. The van der Waals surface area contributed by atoms with Crippen molar-refractivity contribution in [3.63, 3.8) is 0 Å². The highest BCUT2D eigenvalue weighted by molar-refractivity contribution is 6.12. The van der Waals surface area contributed by atoms with Crippen LogP contribution in [0.2, 0.25) is 0 Å². The zero-order chi connectivity index (χ0) is 37.1. The average molecular weight is 717 g/mol. The molecule has 0 radical (unpaired) electrons. The minimum Gasteiger partial charge on any atom is -0.508 e. The molecular weight excluding hydrogens is 676 g/mol. The summed E-state index contributed by atoms with van der Waals surface area (Å²) in [5, 5.41) is 75.0. The van der Waals surface area contributed by atoms with Gasteiger partial charge in [-0.2, -0.15) is 0 Å². The number of phenolic OH excluding ortho intramolecular Hbond substituents is 2. The maximum absolute atomic E-state index is 13.2. The number of anilines is 1. The summed E-state index contributed by atoms with van der Waals surface area (Å²) in [6.07, 6.45) is -1.35. The first-order valence-corrected chi connectivity index (χ1v) is 16.8. The van der Waals surface area contributed by atoms with Crippen molar-refractivity contribution in [2.75, 3.05) is 24.7 Å². The van der Waals surface area contributed by atoms with E-state index in [1.165, 1.54) is 36.4 Å². The number of allylic oxidation sites excluding steroid dienone is 1. The number of ether oxygens (including phenoxy) is 1. The second kappa shape index (κ2) is 13.3. The van der Waals surface area contributed by atoms with Crippen LogP contribution in [0.3, 0.4) is 0 Å². The molecule has 0 saturated carbocycles. The molecule has 3 aliphatic heterocycles. The number of fused-ring (bicyclic) bond motifs is 4. The van der Waals surface area contributed by atoms with Crippen molar-refractivity contribution >= 4 is 33.1 Å². The largest absolute Gasteiger partial charge is 0.508 e. The van der Waals surface area contributed by atoms with Crippen molar-refractivity contribution in [1.82, 2.24) is 0 Å². The van der Waals surface area contributed by atoms with Crippen LogP contribution < -0.4 is 15.1 Å². The first-order chi connectivity index (χ1) is 24.7. The maximum atomic E-state index is 13.2. The summed E-state index contributed by atoms with van der Waals surface area (Å²) < 4.78 is 12.7. The molecule has 0 saturated heterocycles. The fraction of sp³-hybridized carbons (Fsp3) is 0.368. The maximum Gasteiger partial charge on any atom is 0.193 e. The van der Waals surface area contributed by atoms with Crippen molar-refractivity contribution in [1.29, 1.82) is 0 Å². The Bertz CT molecular complexity index is 2210. The van der Waals surface area contributed by atoms with Gasteiger partial charge in [0.1, 0.15) is 65.2 Å². The summed E-state index contributed by atoms with van der Waals surface area (Å²) >= 11 is 0. The van der Waals surface area contributed by atoms with Crippen LogP contribution in [0.25, 0.3) is 21.7 Å². The Morgan fingerprint density at radius 3 is 2.62 bits per heavy atom. The summed E-state index contributed by atoms with van der Waals surface area (Å²) in [5.41, 5.74) is 0.0900. The highest BCUT2D eigenvalue weighted by Crippen LogP contribution is 2.47. The van der Waals surface area contributed by atoms with Crippen molar-refractivity contribution in [2.24, 2.45) is 4.99 Å². The molecule has 0 spiro atoms. The number of hydrogen-bond donors (Lipinski definition) is 7. The van der Waals surface area contributed by atoms with E-state index >= 15 is 0 Å². The molecule has 3 aliphatic rings. The number of aliphatic hydroxyl groups excluding tert-OH is 4. The van der Waals surface area contributed by atoms with E-state index in [4.69, 9.17) is 18.9 Å². The van der Waals surface area contributed by atoms with Gasteiger partial charge in [0, 0.05) is 47.8 Å². The lowest BCUT2D eigenvalue weighted by Crippen LogP contribution is -2.57. The number of aromatic hydroxyl groups is 2. The van der Waals surface area contributed by atoms with Gasteiger partial charge in [-0.25, -0.2) is 9.78 Å². The predicted molar refractivity (Wildman–Crippen MR) is 189 cm³/mol. The Morgan fingerprint density at radius 2 is 1.87 bits per heavy atom. The first kappa shape index (κ1) is 35.6. The monoisotopic (exact) mass is 716 g/mol. The average Bonchev–Trinajstić information content (AvgIpc) is 3.71. The summed E-state index contributed by atoms with van der Waals surface area (Å²) in [7, 11) is 0. The molecule has 3 aromatic carbocycles. The highest BCUT2D eigenvalue weighted by Gasteiger charge is 2.46. The molecule has 0 fully saturated rings. The van der Waals surface area contributed by atoms with Crippen LogP contribution in [0.15, 0.2) is 80.7 Å². The van der Waals surface area contributed by atoms with Crippen molar-refractivity contribution in [3.8, 4) is 17.2 Å². The molecule has 0 aliphatic carbocycles. The lowest BCUT2D eigenvalue weighted by atomic mass is 9.84. The molecule has 1 aromatic heterocycles. The number of aliphatic imine (C=N–C) groups is 1. The molecule has 0 bridgehead atoms. The number of benzene rings is 3. The summed E-state index contributed by atoms with van der Waals surface area (Å²) in [4.78, 5) is 31.2. The third-order valence-electron chi connectivity index (χ3n) is 9.93. The van der Waals surface area contributed by atoms with E-state index in [0.29, 0.717) is 56.6 Å². The molecule has 5 atom stereocenters. The van der Waals surface area contributed by atoms with Crippen molar-refractivity contribution in [2.45, 2.75) is 69.2 Å². The van der Waals surface area contributed by atoms with Crippen LogP contribution in [0.4, 0.5) is 5.69 Å². The number of rotatable bonds is 11. The lowest BCUT2D eigenvalue weighted by molar-refractivity contribution is -0.369. The molecule has 5 unspecified atom stereocenters. The van der Waals surface area contributed by atoms with Crippen LogP contribution in [-0.4, -0.2) is 96.8 Å². The Morgan fingerprint density at radius 1 is 1.08 bits per heavy atom. The van der Waals surface area contributed by atoms with Gasteiger partial charge in [-0.3, -0.25) is 9.79 Å². The zero-order valence-corrected chi connectivity index (χ0v) is 28.7. The van der Waals surface area contributed by atoms with E-state index in [2.05, 4.69) is 4.99 Å². The number of nitrogens with zero attached hydrogens (tertiary/aromatic N) is 2. The van der Waals surface area contributed by atoms with E-state index in [1.807, 2.05) is 17.2 Å². The van der Waals surface area contributed by atoms with Crippen LogP contribution in [0.5, 0.6) is 17.2 Å². The quantitative estimate of drug-likeness (QED) is 0.0879. The number of aryl methyl sites for hydroxylation is 1. The molecule has 274 valence electrons. The molecule has 7 rings (SSSR count). The lowest BCUT2D eigenvalue weighted by Gasteiger charge is -2.41. The second-order valence-corrected chi connectivity index (χ2v) is 14.1. The smallest absolute Gasteiger partial charge is 0.193 e. The van der Waals surface area contributed by atoms with Gasteiger partial charge in [-0.15, -0.1) is 0 Å². The van der Waals surface area contributed by atoms with E-state index in [1.54, 1.807) is 33.0 Å². The normalized spacial score (nSPS) is 20.5. The second-order valence-electron chi connectivity index (χ2n) is 14.1. The Kier molecular flexibility index (Phi) is 9.11.